The summed E-state index contributed by atoms with van der Waals surface area (Å²) in [5.74, 6) is 1.34. The quantitative estimate of drug-likeness (QED) is 0.943. The van der Waals surface area contributed by atoms with Crippen LogP contribution >= 0.6 is 15.9 Å². The van der Waals surface area contributed by atoms with Crippen LogP contribution in [-0.2, 0) is 12.8 Å². The standard InChI is InChI=1S/C14H13BrN2O2/c15-11-6-9-2-5-19-13(9)10(7-11)8-12(18)14-16-3-1-4-17-14/h1,3-4,6-7,12,18H,2,5,8H2. The summed E-state index contributed by atoms with van der Waals surface area (Å²) < 4.78 is 6.66. The molecule has 19 heavy (non-hydrogen) atoms. The van der Waals surface area contributed by atoms with E-state index in [1.807, 2.05) is 6.07 Å². The van der Waals surface area contributed by atoms with Crippen molar-refractivity contribution < 1.29 is 9.84 Å². The summed E-state index contributed by atoms with van der Waals surface area (Å²) in [6.07, 6.45) is 3.91. The second-order valence-corrected chi connectivity index (χ2v) is 5.39. The Hall–Kier alpha value is -1.46. The molecule has 0 bridgehead atoms. The molecule has 2 heterocycles. The van der Waals surface area contributed by atoms with Crippen molar-refractivity contribution in [3.05, 3.63) is 52.0 Å². The maximum Gasteiger partial charge on any atom is 0.157 e. The van der Waals surface area contributed by atoms with Crippen LogP contribution in [0.15, 0.2) is 35.1 Å². The number of aliphatic hydroxyl groups excluding tert-OH is 1. The van der Waals surface area contributed by atoms with Crippen molar-refractivity contribution in [2.45, 2.75) is 18.9 Å². The molecule has 0 fully saturated rings. The van der Waals surface area contributed by atoms with Crippen LogP contribution in [-0.4, -0.2) is 21.7 Å². The molecule has 0 amide bonds. The lowest BCUT2D eigenvalue weighted by molar-refractivity contribution is 0.167. The molecule has 3 rings (SSSR count). The predicted octanol–water partition coefficient (Wildman–Crippen LogP) is 2.45. The molecule has 0 spiro atoms. The Labute approximate surface area is 119 Å². The highest BCUT2D eigenvalue weighted by Gasteiger charge is 2.20. The summed E-state index contributed by atoms with van der Waals surface area (Å²) in [6.45, 7) is 0.705. The van der Waals surface area contributed by atoms with E-state index in [9.17, 15) is 5.11 Å². The fraction of sp³-hybridized carbons (Fsp3) is 0.286. The normalized spacial score (nSPS) is 14.8. The summed E-state index contributed by atoms with van der Waals surface area (Å²) in [5.41, 5.74) is 2.17. The minimum atomic E-state index is -0.719. The molecule has 1 unspecified atom stereocenters. The maximum absolute atomic E-state index is 10.2. The topological polar surface area (TPSA) is 55.2 Å². The number of halogens is 1. The summed E-state index contributed by atoms with van der Waals surface area (Å²) in [7, 11) is 0. The van der Waals surface area contributed by atoms with Crippen LogP contribution in [0.25, 0.3) is 0 Å². The number of hydrogen-bond donors (Lipinski definition) is 1. The van der Waals surface area contributed by atoms with Gasteiger partial charge in [0.25, 0.3) is 0 Å². The minimum Gasteiger partial charge on any atom is -0.493 e. The molecule has 1 aromatic heterocycles. The van der Waals surface area contributed by atoms with Crippen LogP contribution in [0.4, 0.5) is 0 Å². The van der Waals surface area contributed by atoms with Crippen LogP contribution in [0.2, 0.25) is 0 Å². The fourth-order valence-corrected chi connectivity index (χ4v) is 2.83. The van der Waals surface area contributed by atoms with Gasteiger partial charge in [-0.05, 0) is 29.3 Å². The Kier molecular flexibility index (Phi) is 3.48. The molecule has 1 aromatic carbocycles. The van der Waals surface area contributed by atoms with Crippen molar-refractivity contribution in [2.75, 3.05) is 6.61 Å². The van der Waals surface area contributed by atoms with Gasteiger partial charge in [0, 0.05) is 29.7 Å². The molecule has 0 radical (unpaired) electrons. The Morgan fingerprint density at radius 3 is 2.89 bits per heavy atom. The van der Waals surface area contributed by atoms with E-state index in [2.05, 4.69) is 32.0 Å². The summed E-state index contributed by atoms with van der Waals surface area (Å²) in [5, 5.41) is 10.2. The molecule has 1 aliphatic heterocycles. The van der Waals surface area contributed by atoms with Gasteiger partial charge < -0.3 is 9.84 Å². The highest BCUT2D eigenvalue weighted by molar-refractivity contribution is 9.10. The average Bonchev–Trinajstić information content (AvgIpc) is 2.88. The molecule has 0 saturated carbocycles. The van der Waals surface area contributed by atoms with Gasteiger partial charge in [0.05, 0.1) is 6.61 Å². The van der Waals surface area contributed by atoms with E-state index in [4.69, 9.17) is 4.74 Å². The van der Waals surface area contributed by atoms with Gasteiger partial charge in [-0.3, -0.25) is 0 Å². The third-order valence-corrected chi connectivity index (χ3v) is 3.58. The fourth-order valence-electron chi connectivity index (χ4n) is 2.28. The minimum absolute atomic E-state index is 0.439. The number of rotatable bonds is 3. The second-order valence-electron chi connectivity index (χ2n) is 4.48. The van der Waals surface area contributed by atoms with Gasteiger partial charge in [0.2, 0.25) is 0 Å². The molecular formula is C14H13BrN2O2. The van der Waals surface area contributed by atoms with E-state index >= 15 is 0 Å². The van der Waals surface area contributed by atoms with Crippen LogP contribution in [0.1, 0.15) is 23.1 Å². The zero-order valence-corrected chi connectivity index (χ0v) is 11.8. The summed E-state index contributed by atoms with van der Waals surface area (Å²) in [4.78, 5) is 8.15. The van der Waals surface area contributed by atoms with E-state index in [1.54, 1.807) is 18.5 Å². The number of aromatic nitrogens is 2. The number of nitrogens with zero attached hydrogens (tertiary/aromatic N) is 2. The van der Waals surface area contributed by atoms with Gasteiger partial charge in [0.15, 0.2) is 5.82 Å². The maximum atomic E-state index is 10.2. The number of benzene rings is 1. The van der Waals surface area contributed by atoms with E-state index in [-0.39, 0.29) is 0 Å². The Bertz CT molecular complexity index is 589. The molecule has 0 aliphatic carbocycles. The highest BCUT2D eigenvalue weighted by Crippen LogP contribution is 2.34. The number of fused-ring (bicyclic) bond motifs is 1. The first kappa shape index (κ1) is 12.6. The van der Waals surface area contributed by atoms with Crippen molar-refractivity contribution in [3.8, 4) is 5.75 Å². The van der Waals surface area contributed by atoms with Gasteiger partial charge in [0.1, 0.15) is 11.9 Å². The average molecular weight is 321 g/mol. The van der Waals surface area contributed by atoms with Gasteiger partial charge in [-0.25, -0.2) is 9.97 Å². The monoisotopic (exact) mass is 320 g/mol. The molecule has 1 atom stereocenters. The molecule has 5 heteroatoms. The smallest absolute Gasteiger partial charge is 0.157 e. The van der Waals surface area contributed by atoms with Crippen LogP contribution < -0.4 is 4.74 Å². The lowest BCUT2D eigenvalue weighted by Gasteiger charge is -2.12. The van der Waals surface area contributed by atoms with Crippen molar-refractivity contribution in [2.24, 2.45) is 0 Å². The van der Waals surface area contributed by atoms with Gasteiger partial charge >= 0.3 is 0 Å². The molecule has 4 nitrogen and oxygen atoms in total. The second kappa shape index (κ2) is 5.27. The Morgan fingerprint density at radius 1 is 1.32 bits per heavy atom. The molecule has 1 N–H and O–H groups in total. The summed E-state index contributed by atoms with van der Waals surface area (Å²) >= 11 is 3.49. The lowest BCUT2D eigenvalue weighted by atomic mass is 10.0. The van der Waals surface area contributed by atoms with Crippen molar-refractivity contribution in [1.82, 2.24) is 9.97 Å². The van der Waals surface area contributed by atoms with Crippen LogP contribution in [0.5, 0.6) is 5.75 Å². The van der Waals surface area contributed by atoms with Crippen molar-refractivity contribution in [1.29, 1.82) is 0 Å². The SMILES string of the molecule is OC(Cc1cc(Br)cc2c1OCC2)c1ncccn1. The molecule has 1 aliphatic rings. The first-order valence-electron chi connectivity index (χ1n) is 6.13. The predicted molar refractivity (Wildman–Crippen MR) is 74.0 cm³/mol. The van der Waals surface area contributed by atoms with Gasteiger partial charge in [-0.1, -0.05) is 15.9 Å². The number of hydrogen-bond acceptors (Lipinski definition) is 4. The van der Waals surface area contributed by atoms with E-state index in [0.717, 1.165) is 22.2 Å². The van der Waals surface area contributed by atoms with E-state index in [0.29, 0.717) is 18.9 Å². The lowest BCUT2D eigenvalue weighted by Crippen LogP contribution is -2.07. The first-order chi connectivity index (χ1) is 9.24. The number of aliphatic hydroxyl groups is 1. The zero-order chi connectivity index (χ0) is 13.2. The Balaban J connectivity index is 1.88. The largest absolute Gasteiger partial charge is 0.493 e. The van der Waals surface area contributed by atoms with E-state index < -0.39 is 6.10 Å². The summed E-state index contributed by atoms with van der Waals surface area (Å²) in [6, 6.07) is 5.78. The third-order valence-electron chi connectivity index (χ3n) is 3.12. The highest BCUT2D eigenvalue weighted by atomic mass is 79.9. The Morgan fingerprint density at radius 2 is 2.11 bits per heavy atom. The molecule has 2 aromatic rings. The van der Waals surface area contributed by atoms with Crippen molar-refractivity contribution in [3.63, 3.8) is 0 Å². The number of ether oxygens (including phenoxy) is 1. The molecular weight excluding hydrogens is 308 g/mol. The van der Waals surface area contributed by atoms with Gasteiger partial charge in [-0.2, -0.15) is 0 Å². The molecule has 0 saturated heterocycles. The van der Waals surface area contributed by atoms with Crippen molar-refractivity contribution >= 4 is 15.9 Å². The van der Waals surface area contributed by atoms with E-state index in [1.165, 1.54) is 5.56 Å². The first-order valence-corrected chi connectivity index (χ1v) is 6.92. The van der Waals surface area contributed by atoms with Gasteiger partial charge in [-0.15, -0.1) is 0 Å². The van der Waals surface area contributed by atoms with Crippen LogP contribution in [0.3, 0.4) is 0 Å². The third kappa shape index (κ3) is 2.62. The molecule has 98 valence electrons. The van der Waals surface area contributed by atoms with Crippen LogP contribution in [0, 0.1) is 0 Å². The zero-order valence-electron chi connectivity index (χ0n) is 10.2.